The van der Waals surface area contributed by atoms with Crippen molar-refractivity contribution < 1.29 is 12.8 Å². The molecule has 0 aliphatic carbocycles. The lowest BCUT2D eigenvalue weighted by Crippen LogP contribution is -2.27. The molecular formula is C17H18ClFN2O2S. The summed E-state index contributed by atoms with van der Waals surface area (Å²) in [6.07, 6.45) is 1.78. The summed E-state index contributed by atoms with van der Waals surface area (Å²) in [5.41, 5.74) is 0.960. The highest BCUT2D eigenvalue weighted by Gasteiger charge is 2.27. The third kappa shape index (κ3) is 3.55. The monoisotopic (exact) mass is 368 g/mol. The summed E-state index contributed by atoms with van der Waals surface area (Å²) >= 11 is 6.00. The Morgan fingerprint density at radius 1 is 1.12 bits per heavy atom. The van der Waals surface area contributed by atoms with Crippen molar-refractivity contribution in [2.45, 2.75) is 24.3 Å². The van der Waals surface area contributed by atoms with Crippen molar-refractivity contribution in [3.05, 3.63) is 58.9 Å². The maximum Gasteiger partial charge on any atom is 0.243 e. The summed E-state index contributed by atoms with van der Waals surface area (Å²) in [5, 5.41) is 3.37. The van der Waals surface area contributed by atoms with Gasteiger partial charge < -0.3 is 5.32 Å². The molecule has 1 aliphatic rings. The molecule has 7 heteroatoms. The number of sulfonamides is 1. The van der Waals surface area contributed by atoms with Crippen molar-refractivity contribution in [1.29, 1.82) is 0 Å². The molecular weight excluding hydrogens is 351 g/mol. The summed E-state index contributed by atoms with van der Waals surface area (Å²) in [4.78, 5) is 0.244. The van der Waals surface area contributed by atoms with Gasteiger partial charge in [-0.1, -0.05) is 23.7 Å². The smallest absolute Gasteiger partial charge is 0.243 e. The predicted molar refractivity (Wildman–Crippen MR) is 93.2 cm³/mol. The Balaban J connectivity index is 1.78. The maximum atomic E-state index is 13.8. The van der Waals surface area contributed by atoms with E-state index in [0.717, 1.165) is 12.8 Å². The van der Waals surface area contributed by atoms with Crippen molar-refractivity contribution in [3.8, 4) is 0 Å². The van der Waals surface area contributed by atoms with Gasteiger partial charge in [0.1, 0.15) is 5.82 Å². The molecule has 0 saturated carbocycles. The number of rotatable bonds is 5. The second-order valence-corrected chi connectivity index (χ2v) is 8.04. The van der Waals surface area contributed by atoms with E-state index in [1.165, 1.54) is 10.4 Å². The number of nitrogens with zero attached hydrogens (tertiary/aromatic N) is 1. The van der Waals surface area contributed by atoms with Gasteiger partial charge in [-0.05, 0) is 43.2 Å². The van der Waals surface area contributed by atoms with E-state index in [-0.39, 0.29) is 11.4 Å². The Morgan fingerprint density at radius 3 is 2.54 bits per heavy atom. The summed E-state index contributed by atoms with van der Waals surface area (Å²) in [6, 6.07) is 11.1. The van der Waals surface area contributed by atoms with Crippen molar-refractivity contribution >= 4 is 27.3 Å². The van der Waals surface area contributed by atoms with Crippen LogP contribution in [0.3, 0.4) is 0 Å². The van der Waals surface area contributed by atoms with Gasteiger partial charge in [-0.15, -0.1) is 0 Å². The van der Waals surface area contributed by atoms with Crippen LogP contribution in [0.25, 0.3) is 0 Å². The Labute approximate surface area is 146 Å². The number of hydrogen-bond donors (Lipinski definition) is 1. The highest BCUT2D eigenvalue weighted by Crippen LogP contribution is 2.24. The molecule has 0 spiro atoms. The van der Waals surface area contributed by atoms with Gasteiger partial charge >= 0.3 is 0 Å². The molecule has 4 nitrogen and oxygen atoms in total. The van der Waals surface area contributed by atoms with Crippen molar-refractivity contribution in [2.24, 2.45) is 0 Å². The van der Waals surface area contributed by atoms with E-state index < -0.39 is 15.8 Å². The van der Waals surface area contributed by atoms with Gasteiger partial charge in [0.25, 0.3) is 0 Å². The molecule has 2 aromatic carbocycles. The molecule has 0 bridgehead atoms. The van der Waals surface area contributed by atoms with Crippen LogP contribution in [-0.2, 0) is 16.6 Å². The van der Waals surface area contributed by atoms with E-state index in [9.17, 15) is 12.8 Å². The first-order valence-electron chi connectivity index (χ1n) is 7.75. The number of hydrogen-bond acceptors (Lipinski definition) is 3. The molecule has 2 aromatic rings. The first-order chi connectivity index (χ1) is 11.5. The molecule has 3 rings (SSSR count). The minimum absolute atomic E-state index is 0.179. The minimum Gasteiger partial charge on any atom is -0.381 e. The Bertz CT molecular complexity index is 816. The normalized spacial score (nSPS) is 15.6. The average Bonchev–Trinajstić information content (AvgIpc) is 3.10. The van der Waals surface area contributed by atoms with Gasteiger partial charge in [0.15, 0.2) is 0 Å². The zero-order valence-corrected chi connectivity index (χ0v) is 14.6. The van der Waals surface area contributed by atoms with E-state index >= 15 is 0 Å². The van der Waals surface area contributed by atoms with Gasteiger partial charge in [-0.2, -0.15) is 4.31 Å². The van der Waals surface area contributed by atoms with Gasteiger partial charge in [0.2, 0.25) is 10.0 Å². The summed E-state index contributed by atoms with van der Waals surface area (Å²) in [5.74, 6) is -0.393. The highest BCUT2D eigenvalue weighted by molar-refractivity contribution is 7.89. The SMILES string of the molecule is O=S(=O)(c1cccc(NCc2c(F)cccc2Cl)c1)N1CCCC1. The van der Waals surface area contributed by atoms with E-state index in [1.54, 1.807) is 36.4 Å². The van der Waals surface area contributed by atoms with Crippen molar-refractivity contribution in [2.75, 3.05) is 18.4 Å². The fourth-order valence-corrected chi connectivity index (χ4v) is 4.53. The zero-order valence-electron chi connectivity index (χ0n) is 13.0. The van der Waals surface area contributed by atoms with Crippen LogP contribution in [0.2, 0.25) is 5.02 Å². The van der Waals surface area contributed by atoms with Gasteiger partial charge in [-0.3, -0.25) is 0 Å². The second kappa shape index (κ2) is 7.09. The Kier molecular flexibility index (Phi) is 5.08. The molecule has 1 fully saturated rings. The highest BCUT2D eigenvalue weighted by atomic mass is 35.5. The zero-order chi connectivity index (χ0) is 17.2. The minimum atomic E-state index is -3.47. The van der Waals surface area contributed by atoms with E-state index in [1.807, 2.05) is 0 Å². The summed E-state index contributed by atoms with van der Waals surface area (Å²) in [7, 11) is -3.47. The molecule has 0 amide bonds. The lowest BCUT2D eigenvalue weighted by molar-refractivity contribution is 0.477. The average molecular weight is 369 g/mol. The van der Waals surface area contributed by atoms with Crippen LogP contribution in [0.4, 0.5) is 10.1 Å². The van der Waals surface area contributed by atoms with Crippen LogP contribution in [0.1, 0.15) is 18.4 Å². The number of benzene rings is 2. The van der Waals surface area contributed by atoms with Crippen LogP contribution in [0.5, 0.6) is 0 Å². The topological polar surface area (TPSA) is 49.4 Å². The Hall–Kier alpha value is -1.63. The maximum absolute atomic E-state index is 13.8. The molecule has 24 heavy (non-hydrogen) atoms. The van der Waals surface area contributed by atoms with Crippen LogP contribution < -0.4 is 5.32 Å². The van der Waals surface area contributed by atoms with Crippen molar-refractivity contribution in [1.82, 2.24) is 4.31 Å². The lowest BCUT2D eigenvalue weighted by Gasteiger charge is -2.16. The Morgan fingerprint density at radius 2 is 1.83 bits per heavy atom. The summed E-state index contributed by atoms with van der Waals surface area (Å²) < 4.78 is 40.5. The fourth-order valence-electron chi connectivity index (χ4n) is 2.74. The first-order valence-corrected chi connectivity index (χ1v) is 9.57. The lowest BCUT2D eigenvalue weighted by atomic mass is 10.2. The summed E-state index contributed by atoms with van der Waals surface area (Å²) in [6.45, 7) is 1.30. The standard InChI is InChI=1S/C17H18ClFN2O2S/c18-16-7-4-8-17(19)15(16)12-20-13-5-3-6-14(11-13)24(22,23)21-9-1-2-10-21/h3-8,11,20H,1-2,9-10,12H2. The van der Waals surface area contributed by atoms with Crippen LogP contribution >= 0.6 is 11.6 Å². The van der Waals surface area contributed by atoms with Crippen LogP contribution in [-0.4, -0.2) is 25.8 Å². The van der Waals surface area contributed by atoms with Gasteiger partial charge in [0, 0.05) is 35.9 Å². The fraction of sp³-hybridized carbons (Fsp3) is 0.294. The molecule has 1 aliphatic heterocycles. The number of anilines is 1. The third-order valence-corrected chi connectivity index (χ3v) is 6.32. The van der Waals surface area contributed by atoms with Crippen LogP contribution in [0.15, 0.2) is 47.4 Å². The predicted octanol–water partition coefficient (Wildman–Crippen LogP) is 3.88. The van der Waals surface area contributed by atoms with E-state index in [4.69, 9.17) is 11.6 Å². The van der Waals surface area contributed by atoms with Gasteiger partial charge in [0.05, 0.1) is 4.90 Å². The van der Waals surface area contributed by atoms with E-state index in [0.29, 0.717) is 29.4 Å². The molecule has 0 aromatic heterocycles. The van der Waals surface area contributed by atoms with Crippen LogP contribution in [0, 0.1) is 5.82 Å². The largest absolute Gasteiger partial charge is 0.381 e. The molecule has 1 saturated heterocycles. The number of halogens is 2. The molecule has 1 heterocycles. The quantitative estimate of drug-likeness (QED) is 0.871. The number of nitrogens with one attached hydrogen (secondary N) is 1. The molecule has 0 unspecified atom stereocenters. The molecule has 0 radical (unpaired) electrons. The molecule has 1 N–H and O–H groups in total. The second-order valence-electron chi connectivity index (χ2n) is 5.69. The van der Waals surface area contributed by atoms with E-state index in [2.05, 4.69) is 5.32 Å². The molecule has 0 atom stereocenters. The third-order valence-electron chi connectivity index (χ3n) is 4.07. The molecule has 128 valence electrons. The van der Waals surface area contributed by atoms with Crippen molar-refractivity contribution in [3.63, 3.8) is 0 Å². The first kappa shape index (κ1) is 17.2. The van der Waals surface area contributed by atoms with Gasteiger partial charge in [-0.25, -0.2) is 12.8 Å².